The van der Waals surface area contributed by atoms with Gasteiger partial charge < -0.3 is 25.1 Å². The van der Waals surface area contributed by atoms with Crippen LogP contribution in [0.3, 0.4) is 0 Å². The van der Waals surface area contributed by atoms with Crippen molar-refractivity contribution < 1.29 is 29.8 Å². The molecule has 0 saturated heterocycles. The number of ether oxygens (including phenoxy) is 2. The Balaban J connectivity index is 2.26. The van der Waals surface area contributed by atoms with E-state index >= 15 is 0 Å². The third kappa shape index (κ3) is 3.99. The summed E-state index contributed by atoms with van der Waals surface area (Å²) in [5, 5.41) is 34.5. The van der Waals surface area contributed by atoms with Gasteiger partial charge in [0.25, 0.3) is 0 Å². The van der Waals surface area contributed by atoms with Crippen molar-refractivity contribution in [3.8, 4) is 17.2 Å². The van der Waals surface area contributed by atoms with Gasteiger partial charge in [0.2, 0.25) is 5.91 Å². The van der Waals surface area contributed by atoms with Crippen LogP contribution in [0.2, 0.25) is 0 Å². The normalized spacial score (nSPS) is 13.0. The predicted molar refractivity (Wildman–Crippen MR) is 109 cm³/mol. The summed E-state index contributed by atoms with van der Waals surface area (Å²) in [6.07, 6.45) is 1.68. The monoisotopic (exact) mass is 413 g/mol. The van der Waals surface area contributed by atoms with Crippen LogP contribution in [0.4, 0.5) is 5.69 Å². The van der Waals surface area contributed by atoms with E-state index in [-0.39, 0.29) is 34.8 Å². The molecule has 9 nitrogen and oxygen atoms in total. The topological polar surface area (TPSA) is 128 Å². The maximum atomic E-state index is 12.3. The van der Waals surface area contributed by atoms with E-state index in [4.69, 9.17) is 9.47 Å². The molecule has 0 saturated carbocycles. The maximum Gasteiger partial charge on any atom is 0.220 e. The number of phenols is 1. The van der Waals surface area contributed by atoms with Crippen molar-refractivity contribution >= 4 is 22.5 Å². The molecule has 4 N–H and O–H groups in total. The van der Waals surface area contributed by atoms with Crippen LogP contribution in [-0.4, -0.2) is 35.4 Å². The number of nitrogens with one attached hydrogen (secondary N) is 2. The van der Waals surface area contributed by atoms with Crippen LogP contribution in [-0.2, 0) is 4.79 Å². The first kappa shape index (κ1) is 21.3. The number of quaternary nitrogens is 1. The van der Waals surface area contributed by atoms with Crippen LogP contribution in [0.25, 0.3) is 10.9 Å². The molecular formula is C21H23N3O6. The number of benzene rings is 2. The van der Waals surface area contributed by atoms with E-state index in [1.54, 1.807) is 37.3 Å². The van der Waals surface area contributed by atoms with E-state index in [9.17, 15) is 20.3 Å². The number of carbonyl (C=O) groups is 1. The van der Waals surface area contributed by atoms with Crippen LogP contribution in [0.5, 0.6) is 17.2 Å². The molecule has 0 bridgehead atoms. The lowest BCUT2D eigenvalue weighted by Gasteiger charge is -2.24. The number of hydrogen-bond donors (Lipinski definition) is 4. The molecular weight excluding hydrogens is 390 g/mol. The molecule has 3 rings (SSSR count). The van der Waals surface area contributed by atoms with Gasteiger partial charge in [-0.2, -0.15) is 5.23 Å². The van der Waals surface area contributed by atoms with Crippen molar-refractivity contribution in [1.82, 2.24) is 10.3 Å². The van der Waals surface area contributed by atoms with Gasteiger partial charge in [0.15, 0.2) is 17.2 Å². The van der Waals surface area contributed by atoms with E-state index in [1.165, 1.54) is 26.5 Å². The zero-order chi connectivity index (χ0) is 21.8. The van der Waals surface area contributed by atoms with Crippen molar-refractivity contribution in [2.24, 2.45) is 0 Å². The van der Waals surface area contributed by atoms with Gasteiger partial charge in [-0.05, 0) is 29.8 Å². The first-order valence-corrected chi connectivity index (χ1v) is 9.26. The fourth-order valence-corrected chi connectivity index (χ4v) is 3.28. The Morgan fingerprint density at radius 3 is 2.60 bits per heavy atom. The minimum atomic E-state index is -1.16. The molecule has 1 aromatic heterocycles. The molecule has 30 heavy (non-hydrogen) atoms. The summed E-state index contributed by atoms with van der Waals surface area (Å²) in [6.45, 7) is 1.70. The Labute approximate surface area is 173 Å². The molecule has 0 fully saturated rings. The molecule has 158 valence electrons. The first-order valence-electron chi connectivity index (χ1n) is 9.26. The molecule has 0 aliphatic carbocycles. The van der Waals surface area contributed by atoms with E-state index in [2.05, 4.69) is 10.3 Å². The highest BCUT2D eigenvalue weighted by molar-refractivity contribution is 5.93. The number of aromatic nitrogens is 1. The fraction of sp³-hybridized carbons (Fsp3) is 0.238. The van der Waals surface area contributed by atoms with Crippen molar-refractivity contribution in [2.45, 2.75) is 19.4 Å². The van der Waals surface area contributed by atoms with Crippen molar-refractivity contribution in [1.29, 1.82) is 0 Å². The molecule has 2 aromatic carbocycles. The summed E-state index contributed by atoms with van der Waals surface area (Å²) in [5.74, 6) is 0.457. The van der Waals surface area contributed by atoms with Gasteiger partial charge in [0.05, 0.1) is 25.6 Å². The van der Waals surface area contributed by atoms with E-state index in [0.717, 1.165) is 0 Å². The van der Waals surface area contributed by atoms with Crippen LogP contribution in [0.1, 0.15) is 30.5 Å². The second kappa shape index (κ2) is 8.95. The minimum absolute atomic E-state index is 0.0258. The van der Waals surface area contributed by atoms with Crippen LogP contribution >= 0.6 is 0 Å². The summed E-state index contributed by atoms with van der Waals surface area (Å²) in [4.78, 5) is 16.4. The predicted octanol–water partition coefficient (Wildman–Crippen LogP) is 1.98. The Morgan fingerprint density at radius 1 is 1.23 bits per heavy atom. The summed E-state index contributed by atoms with van der Waals surface area (Å²) < 4.78 is 10.6. The lowest BCUT2D eigenvalue weighted by Crippen LogP contribution is -2.99. The average Bonchev–Trinajstić information content (AvgIpc) is 2.77. The number of phenolic OH excluding ortho intramolecular Hbond substituents is 1. The zero-order valence-corrected chi connectivity index (χ0v) is 16.8. The van der Waals surface area contributed by atoms with Crippen LogP contribution in [0, 0.1) is 5.21 Å². The molecule has 0 aliphatic heterocycles. The van der Waals surface area contributed by atoms with Gasteiger partial charge in [-0.3, -0.25) is 9.78 Å². The number of amides is 1. The molecule has 9 heteroatoms. The van der Waals surface area contributed by atoms with Crippen molar-refractivity contribution in [3.05, 3.63) is 58.9 Å². The molecule has 1 amide bonds. The quantitative estimate of drug-likeness (QED) is 0.344. The van der Waals surface area contributed by atoms with E-state index < -0.39 is 11.3 Å². The Morgan fingerprint density at radius 2 is 1.97 bits per heavy atom. The number of nitrogens with zero attached hydrogens (tertiary/aromatic N) is 1. The van der Waals surface area contributed by atoms with Gasteiger partial charge in [0.1, 0.15) is 11.3 Å². The highest BCUT2D eigenvalue weighted by atomic mass is 16.8. The summed E-state index contributed by atoms with van der Waals surface area (Å²) in [7, 11) is 3.00. The summed E-state index contributed by atoms with van der Waals surface area (Å²) >= 11 is 0. The Hall–Kier alpha value is -3.40. The number of methoxy groups -OCH3 is 2. The second-order valence-electron chi connectivity index (χ2n) is 6.54. The molecule has 0 aliphatic rings. The van der Waals surface area contributed by atoms with Crippen LogP contribution in [0.15, 0.2) is 42.6 Å². The van der Waals surface area contributed by atoms with Gasteiger partial charge in [-0.25, -0.2) is 5.21 Å². The third-order valence-corrected chi connectivity index (χ3v) is 4.80. The Bertz CT molecular complexity index is 1070. The maximum absolute atomic E-state index is 12.3. The smallest absolute Gasteiger partial charge is 0.220 e. The van der Waals surface area contributed by atoms with Gasteiger partial charge >= 0.3 is 0 Å². The molecule has 2 atom stereocenters. The molecule has 0 radical (unpaired) electrons. The summed E-state index contributed by atoms with van der Waals surface area (Å²) in [5.41, 5.74) is 0.912. The zero-order valence-electron chi connectivity index (χ0n) is 16.8. The number of fused-ring (bicyclic) bond motifs is 1. The summed E-state index contributed by atoms with van der Waals surface area (Å²) in [6, 6.07) is 8.75. The molecule has 3 aromatic rings. The van der Waals surface area contributed by atoms with E-state index in [1.807, 2.05) is 0 Å². The molecule has 1 heterocycles. The second-order valence-corrected chi connectivity index (χ2v) is 6.54. The largest absolute Gasteiger partial charge is 0.595 e. The fourth-order valence-electron chi connectivity index (χ4n) is 3.28. The molecule has 2 unspecified atom stereocenters. The highest BCUT2D eigenvalue weighted by Gasteiger charge is 2.26. The number of carbonyl (C=O) groups excluding carboxylic acids is 1. The number of pyridine rings is 1. The standard InChI is InChI=1S/C21H23N3O6/c1-4-18(25)23-19(12-7-8-16(29-2)17(10-12)30-3)14-11-15(24(27)28)13-6-5-9-22-20(13)21(14)26/h5-11,19,24,26-27H,4H2,1-3H3,(H,23,25). The Kier molecular flexibility index (Phi) is 6.36. The lowest BCUT2D eigenvalue weighted by molar-refractivity contribution is -0.990. The third-order valence-electron chi connectivity index (χ3n) is 4.80. The molecule has 0 spiro atoms. The van der Waals surface area contributed by atoms with Gasteiger partial charge in [-0.1, -0.05) is 13.0 Å². The number of hydrogen-bond acceptors (Lipinski definition) is 7. The van der Waals surface area contributed by atoms with Gasteiger partial charge in [0, 0.05) is 24.2 Å². The van der Waals surface area contributed by atoms with Crippen molar-refractivity contribution in [2.75, 3.05) is 14.2 Å². The minimum Gasteiger partial charge on any atom is -0.595 e. The van der Waals surface area contributed by atoms with E-state index in [0.29, 0.717) is 22.4 Å². The number of aromatic hydroxyl groups is 1. The number of rotatable bonds is 7. The SMILES string of the molecule is CCC(=O)NC(c1ccc(OC)c(OC)c1)c1cc([NH+]([O-])O)c2cccnc2c1O. The van der Waals surface area contributed by atoms with Gasteiger partial charge in [-0.15, -0.1) is 0 Å². The average molecular weight is 413 g/mol. The lowest BCUT2D eigenvalue weighted by atomic mass is 9.94. The highest BCUT2D eigenvalue weighted by Crippen LogP contribution is 2.39. The first-order chi connectivity index (χ1) is 14.4. The van der Waals surface area contributed by atoms with Crippen LogP contribution < -0.4 is 20.0 Å². The van der Waals surface area contributed by atoms with Crippen molar-refractivity contribution in [3.63, 3.8) is 0 Å².